The summed E-state index contributed by atoms with van der Waals surface area (Å²) in [6.45, 7) is 0. The van der Waals surface area contributed by atoms with Crippen LogP contribution in [0.3, 0.4) is 0 Å². The Bertz CT molecular complexity index is 438. The summed E-state index contributed by atoms with van der Waals surface area (Å²) in [4.78, 5) is 3.73. The minimum absolute atomic E-state index is 0.309. The summed E-state index contributed by atoms with van der Waals surface area (Å²) in [6, 6.07) is 0. The van der Waals surface area contributed by atoms with Crippen molar-refractivity contribution in [3.8, 4) is 0 Å². The number of aromatic nitrogens is 2. The highest BCUT2D eigenvalue weighted by atomic mass is 79.9. The molecule has 0 unspecified atom stereocenters. The van der Waals surface area contributed by atoms with Gasteiger partial charge in [-0.25, -0.2) is 9.37 Å². The lowest BCUT2D eigenvalue weighted by Crippen LogP contribution is -1.89. The van der Waals surface area contributed by atoms with Crippen LogP contribution in [-0.4, -0.2) is 9.55 Å². The number of nitrogens with zero attached hydrogens (tertiary/aromatic N) is 2. The zero-order chi connectivity index (χ0) is 9.59. The second-order valence-electron chi connectivity index (χ2n) is 2.71. The number of rotatable bonds is 0. The molecule has 0 aliphatic carbocycles. The lowest BCUT2D eigenvalue weighted by molar-refractivity contribution is 0.626. The molecule has 2 nitrogen and oxygen atoms in total. The van der Waals surface area contributed by atoms with E-state index >= 15 is 0 Å². The van der Waals surface area contributed by atoms with Gasteiger partial charge in [-0.05, 0) is 15.9 Å². The first-order valence-electron chi connectivity index (χ1n) is 3.56. The van der Waals surface area contributed by atoms with E-state index in [1.54, 1.807) is 17.8 Å². The number of fused-ring (bicyclic) bond motifs is 1. The second kappa shape index (κ2) is 2.96. The van der Waals surface area contributed by atoms with Crippen molar-refractivity contribution in [2.45, 2.75) is 0 Å². The molecule has 0 saturated heterocycles. The predicted molar refractivity (Wildman–Crippen MR) is 53.4 cm³/mol. The summed E-state index contributed by atoms with van der Waals surface area (Å²) in [5.74, 6) is -0.368. The third kappa shape index (κ3) is 1.25. The largest absolute Gasteiger partial charge is 0.347 e. The van der Waals surface area contributed by atoms with Crippen LogP contribution < -0.4 is 0 Å². The van der Waals surface area contributed by atoms with Crippen LogP contribution in [0.2, 0.25) is 5.15 Å². The SMILES string of the molecule is Cn1cc(Br)c2c(Cl)ncc(F)c21. The Hall–Kier alpha value is -0.610. The lowest BCUT2D eigenvalue weighted by Gasteiger charge is -1.98. The molecule has 0 aliphatic rings. The zero-order valence-electron chi connectivity index (χ0n) is 6.68. The van der Waals surface area contributed by atoms with Gasteiger partial charge >= 0.3 is 0 Å². The molecule has 0 amide bonds. The summed E-state index contributed by atoms with van der Waals surface area (Å²) >= 11 is 9.12. The van der Waals surface area contributed by atoms with E-state index < -0.39 is 0 Å². The van der Waals surface area contributed by atoms with Gasteiger partial charge in [0.05, 0.1) is 17.1 Å². The Morgan fingerprint density at radius 1 is 1.62 bits per heavy atom. The topological polar surface area (TPSA) is 17.8 Å². The zero-order valence-corrected chi connectivity index (χ0v) is 9.02. The van der Waals surface area contributed by atoms with E-state index in [0.29, 0.717) is 16.1 Å². The number of halogens is 3. The third-order valence-corrected chi connectivity index (χ3v) is 2.75. The van der Waals surface area contributed by atoms with E-state index in [9.17, 15) is 4.39 Å². The molecule has 0 spiro atoms. The van der Waals surface area contributed by atoms with Gasteiger partial charge in [0.2, 0.25) is 0 Å². The van der Waals surface area contributed by atoms with Gasteiger partial charge in [0, 0.05) is 17.7 Å². The minimum Gasteiger partial charge on any atom is -0.347 e. The van der Waals surface area contributed by atoms with Crippen molar-refractivity contribution in [2.24, 2.45) is 7.05 Å². The Morgan fingerprint density at radius 2 is 2.31 bits per heavy atom. The van der Waals surface area contributed by atoms with E-state index in [4.69, 9.17) is 11.6 Å². The highest BCUT2D eigenvalue weighted by Crippen LogP contribution is 2.31. The average molecular weight is 263 g/mol. The maximum Gasteiger partial charge on any atom is 0.165 e. The fourth-order valence-electron chi connectivity index (χ4n) is 1.31. The first-order chi connectivity index (χ1) is 6.11. The van der Waals surface area contributed by atoms with Gasteiger partial charge in [-0.1, -0.05) is 11.6 Å². The van der Waals surface area contributed by atoms with Gasteiger partial charge in [0.15, 0.2) is 5.82 Å². The molecule has 68 valence electrons. The summed E-state index contributed by atoms with van der Waals surface area (Å²) in [5, 5.41) is 0.924. The molecule has 0 N–H and O–H groups in total. The molecule has 5 heteroatoms. The van der Waals surface area contributed by atoms with Crippen LogP contribution in [0.4, 0.5) is 4.39 Å². The summed E-state index contributed by atoms with van der Waals surface area (Å²) < 4.78 is 15.7. The summed E-state index contributed by atoms with van der Waals surface area (Å²) in [5.41, 5.74) is 0.465. The molecule has 13 heavy (non-hydrogen) atoms. The quantitative estimate of drug-likeness (QED) is 0.668. The standard InChI is InChI=1S/C8H5BrClFN2/c1-13-3-4(9)6-7(13)5(11)2-12-8(6)10/h2-3H,1H3. The van der Waals surface area contributed by atoms with Gasteiger partial charge in [-0.2, -0.15) is 0 Å². The van der Waals surface area contributed by atoms with Crippen molar-refractivity contribution in [1.29, 1.82) is 0 Å². The van der Waals surface area contributed by atoms with Crippen molar-refractivity contribution in [3.63, 3.8) is 0 Å². The maximum atomic E-state index is 13.3. The Morgan fingerprint density at radius 3 is 2.92 bits per heavy atom. The Balaban J connectivity index is 3.03. The highest BCUT2D eigenvalue weighted by molar-refractivity contribution is 9.10. The van der Waals surface area contributed by atoms with Crippen LogP contribution in [0.15, 0.2) is 16.9 Å². The van der Waals surface area contributed by atoms with Crippen LogP contribution in [0.1, 0.15) is 0 Å². The van der Waals surface area contributed by atoms with E-state index in [1.165, 1.54) is 0 Å². The second-order valence-corrected chi connectivity index (χ2v) is 3.92. The maximum absolute atomic E-state index is 13.3. The van der Waals surface area contributed by atoms with E-state index in [0.717, 1.165) is 10.7 Å². The van der Waals surface area contributed by atoms with E-state index in [-0.39, 0.29) is 5.82 Å². The lowest BCUT2D eigenvalue weighted by atomic mass is 10.3. The molecule has 0 bridgehead atoms. The molecular formula is C8H5BrClFN2. The molecule has 2 heterocycles. The average Bonchev–Trinajstić information content (AvgIpc) is 2.36. The van der Waals surface area contributed by atoms with Crippen LogP contribution in [0.5, 0.6) is 0 Å². The third-order valence-electron chi connectivity index (χ3n) is 1.86. The van der Waals surface area contributed by atoms with Gasteiger partial charge < -0.3 is 4.57 Å². The van der Waals surface area contributed by atoms with Crippen LogP contribution in [0.25, 0.3) is 10.9 Å². The van der Waals surface area contributed by atoms with Crippen LogP contribution in [0, 0.1) is 5.82 Å². The van der Waals surface area contributed by atoms with Gasteiger partial charge in [-0.15, -0.1) is 0 Å². The highest BCUT2D eigenvalue weighted by Gasteiger charge is 2.12. The molecule has 2 aromatic heterocycles. The Kier molecular flexibility index (Phi) is 2.04. The molecule has 0 atom stereocenters. The molecule has 0 aromatic carbocycles. The number of pyridine rings is 1. The normalized spacial score (nSPS) is 11.1. The molecule has 0 aliphatic heterocycles. The van der Waals surface area contributed by atoms with Gasteiger partial charge in [0.1, 0.15) is 5.15 Å². The monoisotopic (exact) mass is 262 g/mol. The van der Waals surface area contributed by atoms with Crippen molar-refractivity contribution in [1.82, 2.24) is 9.55 Å². The van der Waals surface area contributed by atoms with Crippen molar-refractivity contribution >= 4 is 38.4 Å². The molecule has 0 fully saturated rings. The predicted octanol–water partition coefficient (Wildman–Crippen LogP) is 3.13. The number of hydrogen-bond donors (Lipinski definition) is 0. The minimum atomic E-state index is -0.368. The van der Waals surface area contributed by atoms with Crippen LogP contribution >= 0.6 is 27.5 Å². The summed E-state index contributed by atoms with van der Waals surface area (Å²) in [7, 11) is 1.76. The van der Waals surface area contributed by atoms with Crippen molar-refractivity contribution < 1.29 is 4.39 Å². The first kappa shape index (κ1) is 8.97. The van der Waals surface area contributed by atoms with Crippen molar-refractivity contribution in [3.05, 3.63) is 27.8 Å². The van der Waals surface area contributed by atoms with E-state index in [1.807, 2.05) is 0 Å². The fraction of sp³-hybridized carbons (Fsp3) is 0.125. The Labute approximate surface area is 87.5 Å². The molecule has 2 aromatic rings. The van der Waals surface area contributed by atoms with E-state index in [2.05, 4.69) is 20.9 Å². The number of hydrogen-bond acceptors (Lipinski definition) is 1. The molecule has 0 saturated carbocycles. The van der Waals surface area contributed by atoms with Gasteiger partial charge in [0.25, 0.3) is 0 Å². The molecule has 2 rings (SSSR count). The summed E-state index contributed by atoms with van der Waals surface area (Å²) in [6.07, 6.45) is 2.87. The molecule has 0 radical (unpaired) electrons. The molecular weight excluding hydrogens is 258 g/mol. The van der Waals surface area contributed by atoms with Crippen LogP contribution in [-0.2, 0) is 7.05 Å². The first-order valence-corrected chi connectivity index (χ1v) is 4.73. The van der Waals surface area contributed by atoms with Gasteiger partial charge in [-0.3, -0.25) is 0 Å². The van der Waals surface area contributed by atoms with Crippen molar-refractivity contribution in [2.75, 3.05) is 0 Å². The number of aryl methyl sites for hydroxylation is 1. The smallest absolute Gasteiger partial charge is 0.165 e. The fourth-order valence-corrected chi connectivity index (χ4v) is 2.35.